The van der Waals surface area contributed by atoms with Crippen LogP contribution in [-0.2, 0) is 27.7 Å². The van der Waals surface area contributed by atoms with Gasteiger partial charge in [0.05, 0.1) is 23.8 Å². The van der Waals surface area contributed by atoms with Crippen LogP contribution in [-0.4, -0.2) is 42.2 Å². The first kappa shape index (κ1) is 17.1. The summed E-state index contributed by atoms with van der Waals surface area (Å²) in [6, 6.07) is 7.21. The lowest BCUT2D eigenvalue weighted by Gasteiger charge is -2.32. The summed E-state index contributed by atoms with van der Waals surface area (Å²) in [7, 11) is -3.52. The predicted octanol–water partition coefficient (Wildman–Crippen LogP) is 2.23. The number of morpholine rings is 1. The molecule has 1 aromatic heterocycles. The van der Waals surface area contributed by atoms with Crippen molar-refractivity contribution >= 4 is 10.0 Å². The number of benzene rings is 1. The minimum atomic E-state index is -3.52. The van der Waals surface area contributed by atoms with Crippen LogP contribution in [0.2, 0.25) is 0 Å². The summed E-state index contributed by atoms with van der Waals surface area (Å²) in [5, 5.41) is 4.25. The number of sulfonamides is 1. The quantitative estimate of drug-likeness (QED) is 0.830. The molecule has 1 aliphatic rings. The Kier molecular flexibility index (Phi) is 5.03. The Morgan fingerprint density at radius 2 is 2.08 bits per heavy atom. The van der Waals surface area contributed by atoms with Crippen LogP contribution < -0.4 is 0 Å². The summed E-state index contributed by atoms with van der Waals surface area (Å²) >= 11 is 0. The van der Waals surface area contributed by atoms with E-state index in [-0.39, 0.29) is 6.10 Å². The Hall–Kier alpha value is -1.70. The van der Waals surface area contributed by atoms with Crippen molar-refractivity contribution in [1.82, 2.24) is 14.1 Å². The maximum atomic E-state index is 13.1. The van der Waals surface area contributed by atoms with Gasteiger partial charge < -0.3 is 4.74 Å². The van der Waals surface area contributed by atoms with Crippen LogP contribution >= 0.6 is 0 Å². The predicted molar refractivity (Wildman–Crippen MR) is 91.2 cm³/mol. The van der Waals surface area contributed by atoms with Gasteiger partial charge in [0.25, 0.3) is 0 Å². The van der Waals surface area contributed by atoms with Crippen molar-refractivity contribution in [3.05, 3.63) is 47.8 Å². The molecular formula is C17H23N3O3S. The normalized spacial score (nSPS) is 19.5. The average Bonchev–Trinajstić information content (AvgIpc) is 3.11. The first-order valence-electron chi connectivity index (χ1n) is 8.28. The van der Waals surface area contributed by atoms with E-state index >= 15 is 0 Å². The van der Waals surface area contributed by atoms with E-state index in [1.165, 1.54) is 4.31 Å². The molecule has 0 radical (unpaired) electrons. The zero-order chi connectivity index (χ0) is 17.2. The van der Waals surface area contributed by atoms with Crippen LogP contribution in [0.1, 0.15) is 31.1 Å². The van der Waals surface area contributed by atoms with Crippen molar-refractivity contribution in [2.45, 2.75) is 37.8 Å². The number of aryl methyl sites for hydroxylation is 2. The van der Waals surface area contributed by atoms with Crippen LogP contribution in [0.5, 0.6) is 0 Å². The van der Waals surface area contributed by atoms with Gasteiger partial charge in [0, 0.05) is 31.4 Å². The second kappa shape index (κ2) is 7.04. The molecule has 1 atom stereocenters. The number of rotatable bonds is 5. The van der Waals surface area contributed by atoms with Gasteiger partial charge in [0.15, 0.2) is 0 Å². The molecule has 0 N–H and O–H groups in total. The molecule has 0 spiro atoms. The average molecular weight is 349 g/mol. The molecule has 0 saturated carbocycles. The van der Waals surface area contributed by atoms with Gasteiger partial charge in [0.2, 0.25) is 10.0 Å². The fourth-order valence-corrected chi connectivity index (χ4v) is 4.67. The summed E-state index contributed by atoms with van der Waals surface area (Å²) in [6.07, 6.45) is 4.08. The Labute approximate surface area is 143 Å². The highest BCUT2D eigenvalue weighted by Gasteiger charge is 2.32. The standard InChI is InChI=1S/C17H23N3O3S/c1-3-14-7-5-6-8-17(14)24(21,22)20-9-10-23-16(13-20)15-11-18-19(4-2)12-15/h5-8,11-12,16H,3-4,9-10,13H2,1-2H3/t16-/m1/s1. The van der Waals surface area contributed by atoms with Crippen molar-refractivity contribution in [2.75, 3.05) is 19.7 Å². The summed E-state index contributed by atoms with van der Waals surface area (Å²) < 4.78 is 35.2. The molecule has 1 fully saturated rings. The molecule has 130 valence electrons. The summed E-state index contributed by atoms with van der Waals surface area (Å²) in [5.74, 6) is 0. The fraction of sp³-hybridized carbons (Fsp3) is 0.471. The molecular weight excluding hydrogens is 326 g/mol. The van der Waals surface area contributed by atoms with Gasteiger partial charge in [-0.25, -0.2) is 8.42 Å². The van der Waals surface area contributed by atoms with Crippen LogP contribution in [0.15, 0.2) is 41.6 Å². The number of hydrogen-bond acceptors (Lipinski definition) is 4. The van der Waals surface area contributed by atoms with Crippen molar-refractivity contribution in [3.8, 4) is 0 Å². The number of aromatic nitrogens is 2. The van der Waals surface area contributed by atoms with Gasteiger partial charge in [-0.05, 0) is 25.0 Å². The van der Waals surface area contributed by atoms with Crippen LogP contribution in [0.3, 0.4) is 0 Å². The Morgan fingerprint density at radius 1 is 1.29 bits per heavy atom. The first-order valence-corrected chi connectivity index (χ1v) is 9.72. The molecule has 0 aliphatic carbocycles. The van der Waals surface area contributed by atoms with E-state index in [4.69, 9.17) is 4.74 Å². The van der Waals surface area contributed by atoms with Crippen molar-refractivity contribution in [2.24, 2.45) is 0 Å². The van der Waals surface area contributed by atoms with Gasteiger partial charge in [-0.1, -0.05) is 25.1 Å². The number of hydrogen-bond donors (Lipinski definition) is 0. The van der Waals surface area contributed by atoms with Crippen molar-refractivity contribution in [1.29, 1.82) is 0 Å². The molecule has 1 aliphatic heterocycles. The van der Waals surface area contributed by atoms with E-state index in [1.54, 1.807) is 18.3 Å². The maximum absolute atomic E-state index is 13.1. The molecule has 3 rings (SSSR count). The molecule has 2 heterocycles. The summed E-state index contributed by atoms with van der Waals surface area (Å²) in [6.45, 7) is 5.83. The minimum Gasteiger partial charge on any atom is -0.371 e. The summed E-state index contributed by atoms with van der Waals surface area (Å²) in [5.41, 5.74) is 1.76. The van der Waals surface area contributed by atoms with Gasteiger partial charge in [-0.3, -0.25) is 4.68 Å². The highest BCUT2D eigenvalue weighted by Crippen LogP contribution is 2.27. The molecule has 0 amide bonds. The van der Waals surface area contributed by atoms with Crippen LogP contribution in [0.4, 0.5) is 0 Å². The molecule has 1 aromatic carbocycles. The van der Waals surface area contributed by atoms with E-state index in [0.717, 1.165) is 17.7 Å². The molecule has 6 nitrogen and oxygen atoms in total. The van der Waals surface area contributed by atoms with Crippen molar-refractivity contribution in [3.63, 3.8) is 0 Å². The molecule has 24 heavy (non-hydrogen) atoms. The SMILES string of the molecule is CCc1ccccc1S(=O)(=O)N1CCO[C@@H](c2cnn(CC)c2)C1. The third kappa shape index (κ3) is 3.24. The molecule has 1 saturated heterocycles. The Bertz CT molecular complexity index is 801. The van der Waals surface area contributed by atoms with Gasteiger partial charge in [-0.2, -0.15) is 9.40 Å². The second-order valence-corrected chi connectivity index (χ2v) is 7.72. The Balaban J connectivity index is 1.85. The zero-order valence-corrected chi connectivity index (χ0v) is 14.9. The van der Waals surface area contributed by atoms with E-state index < -0.39 is 10.0 Å². The first-order chi connectivity index (χ1) is 11.6. The highest BCUT2D eigenvalue weighted by molar-refractivity contribution is 7.89. The minimum absolute atomic E-state index is 0.275. The number of ether oxygens (including phenoxy) is 1. The van der Waals surface area contributed by atoms with Gasteiger partial charge in [-0.15, -0.1) is 0 Å². The smallest absolute Gasteiger partial charge is 0.243 e. The van der Waals surface area contributed by atoms with Crippen molar-refractivity contribution < 1.29 is 13.2 Å². The van der Waals surface area contributed by atoms with E-state index in [9.17, 15) is 8.42 Å². The van der Waals surface area contributed by atoms with Crippen LogP contribution in [0.25, 0.3) is 0 Å². The largest absolute Gasteiger partial charge is 0.371 e. The molecule has 7 heteroatoms. The van der Waals surface area contributed by atoms with Crippen LogP contribution in [0, 0.1) is 0 Å². The topological polar surface area (TPSA) is 64.4 Å². The van der Waals surface area contributed by atoms with E-state index in [2.05, 4.69) is 5.10 Å². The maximum Gasteiger partial charge on any atom is 0.243 e. The second-order valence-electron chi connectivity index (χ2n) is 5.81. The zero-order valence-electron chi connectivity index (χ0n) is 14.1. The number of nitrogens with zero attached hydrogens (tertiary/aromatic N) is 3. The third-order valence-electron chi connectivity index (χ3n) is 4.35. The molecule has 0 unspecified atom stereocenters. The Morgan fingerprint density at radius 3 is 2.79 bits per heavy atom. The lowest BCUT2D eigenvalue weighted by molar-refractivity contribution is -0.00261. The highest BCUT2D eigenvalue weighted by atomic mass is 32.2. The lowest BCUT2D eigenvalue weighted by atomic mass is 10.2. The monoisotopic (exact) mass is 349 g/mol. The van der Waals surface area contributed by atoms with Gasteiger partial charge >= 0.3 is 0 Å². The molecule has 0 bridgehead atoms. The van der Waals surface area contributed by atoms with E-state index in [1.807, 2.05) is 36.9 Å². The fourth-order valence-electron chi connectivity index (χ4n) is 2.95. The van der Waals surface area contributed by atoms with Gasteiger partial charge in [0.1, 0.15) is 0 Å². The third-order valence-corrected chi connectivity index (χ3v) is 6.32. The molecule has 2 aromatic rings. The lowest BCUT2D eigenvalue weighted by Crippen LogP contribution is -2.42. The summed E-state index contributed by atoms with van der Waals surface area (Å²) in [4.78, 5) is 0.400. The van der Waals surface area contributed by atoms with E-state index in [0.29, 0.717) is 31.0 Å².